The molecule has 2 aliphatic heterocycles. The summed E-state index contributed by atoms with van der Waals surface area (Å²) in [6.07, 6.45) is 0.632. The summed E-state index contributed by atoms with van der Waals surface area (Å²) < 4.78 is 0. The van der Waals surface area contributed by atoms with Crippen molar-refractivity contribution < 1.29 is 9.59 Å². The molecule has 0 aromatic heterocycles. The molecule has 0 saturated carbocycles. The van der Waals surface area contributed by atoms with Crippen molar-refractivity contribution in [1.82, 2.24) is 9.80 Å². The van der Waals surface area contributed by atoms with Crippen LogP contribution in [0.4, 0.5) is 21.0 Å². The van der Waals surface area contributed by atoms with Crippen molar-refractivity contribution in [2.75, 3.05) is 36.8 Å². The van der Waals surface area contributed by atoms with Gasteiger partial charge < -0.3 is 20.4 Å². The van der Waals surface area contributed by atoms with Gasteiger partial charge in [-0.05, 0) is 23.3 Å². The number of nitrogens with zero attached hydrogens (tertiary/aromatic N) is 2. The van der Waals surface area contributed by atoms with Gasteiger partial charge in [0.1, 0.15) is 0 Å². The number of carbonyl (C=O) groups is 2. The third-order valence-electron chi connectivity index (χ3n) is 4.37. The van der Waals surface area contributed by atoms with Crippen LogP contribution in [0.25, 0.3) is 0 Å². The summed E-state index contributed by atoms with van der Waals surface area (Å²) in [5, 5.41) is 5.95. The fourth-order valence-electron chi connectivity index (χ4n) is 2.69. The fourth-order valence-corrected chi connectivity index (χ4v) is 2.69. The van der Waals surface area contributed by atoms with E-state index in [1.165, 1.54) is 0 Å². The molecule has 2 aromatic carbocycles. The van der Waals surface area contributed by atoms with Gasteiger partial charge in [-0.3, -0.25) is 0 Å². The number of benzene rings is 2. The van der Waals surface area contributed by atoms with Gasteiger partial charge in [-0.2, -0.15) is 0 Å². The summed E-state index contributed by atoms with van der Waals surface area (Å²) in [5.74, 6) is 0. The minimum absolute atomic E-state index is 0.0597. The van der Waals surface area contributed by atoms with Gasteiger partial charge in [0, 0.05) is 44.0 Å². The molecule has 2 aromatic rings. The van der Waals surface area contributed by atoms with E-state index in [0.29, 0.717) is 6.42 Å². The maximum absolute atomic E-state index is 12.0. The van der Waals surface area contributed by atoms with Crippen molar-refractivity contribution in [2.24, 2.45) is 0 Å². The first-order chi connectivity index (χ1) is 12.2. The summed E-state index contributed by atoms with van der Waals surface area (Å²) in [6, 6.07) is 15.4. The third kappa shape index (κ3) is 3.74. The minimum atomic E-state index is -0.0597. The molecule has 0 aliphatic carbocycles. The lowest BCUT2D eigenvalue weighted by Gasteiger charge is -2.14. The lowest BCUT2D eigenvalue weighted by atomic mass is 10.0. The largest absolute Gasteiger partial charge is 0.321 e. The Labute approximate surface area is 146 Å². The van der Waals surface area contributed by atoms with E-state index in [9.17, 15) is 9.59 Å². The smallest absolute Gasteiger partial charge is 0.321 e. The molecule has 2 heterocycles. The molecule has 4 amide bonds. The quantitative estimate of drug-likeness (QED) is 0.843. The number of amides is 4. The lowest BCUT2D eigenvalue weighted by molar-refractivity contribution is 0.241. The van der Waals surface area contributed by atoms with Crippen molar-refractivity contribution in [2.45, 2.75) is 6.42 Å². The SMILES string of the molecule is O=C(Nc1ccccc1Cc1ccccc1NC(=O)N1CC1)N1CC1. The monoisotopic (exact) mass is 336 g/mol. The van der Waals surface area contributed by atoms with Gasteiger partial charge in [0.25, 0.3) is 0 Å². The van der Waals surface area contributed by atoms with E-state index < -0.39 is 0 Å². The first-order valence-corrected chi connectivity index (χ1v) is 8.48. The Morgan fingerprint density at radius 2 is 1.12 bits per heavy atom. The molecule has 2 saturated heterocycles. The van der Waals surface area contributed by atoms with Crippen LogP contribution >= 0.6 is 0 Å². The highest BCUT2D eigenvalue weighted by Gasteiger charge is 2.25. The zero-order chi connectivity index (χ0) is 17.2. The minimum Gasteiger partial charge on any atom is -0.321 e. The average molecular weight is 336 g/mol. The molecule has 0 atom stereocenters. The molecule has 2 N–H and O–H groups in total. The summed E-state index contributed by atoms with van der Waals surface area (Å²) in [6.45, 7) is 3.28. The van der Waals surface area contributed by atoms with Crippen molar-refractivity contribution in [1.29, 1.82) is 0 Å². The first-order valence-electron chi connectivity index (χ1n) is 8.48. The van der Waals surface area contributed by atoms with E-state index in [4.69, 9.17) is 0 Å². The maximum Gasteiger partial charge on any atom is 0.321 e. The van der Waals surface area contributed by atoms with E-state index in [0.717, 1.165) is 48.7 Å². The zero-order valence-corrected chi connectivity index (χ0v) is 13.9. The van der Waals surface area contributed by atoms with Gasteiger partial charge in [-0.1, -0.05) is 36.4 Å². The van der Waals surface area contributed by atoms with Crippen LogP contribution in [-0.4, -0.2) is 48.0 Å². The average Bonchev–Trinajstić information content (AvgIpc) is 3.50. The Morgan fingerprint density at radius 1 is 0.720 bits per heavy atom. The van der Waals surface area contributed by atoms with Crippen LogP contribution in [0.15, 0.2) is 48.5 Å². The summed E-state index contributed by atoms with van der Waals surface area (Å²) in [7, 11) is 0. The highest BCUT2D eigenvalue weighted by Crippen LogP contribution is 2.25. The van der Waals surface area contributed by atoms with Crippen LogP contribution in [0.2, 0.25) is 0 Å². The lowest BCUT2D eigenvalue weighted by Crippen LogP contribution is -2.20. The number of hydrogen-bond acceptors (Lipinski definition) is 2. The second kappa shape index (κ2) is 6.47. The molecule has 0 bridgehead atoms. The number of anilines is 2. The Morgan fingerprint density at radius 3 is 1.52 bits per heavy atom. The topological polar surface area (TPSA) is 64.2 Å². The molecule has 6 nitrogen and oxygen atoms in total. The molecule has 4 rings (SSSR count). The molecule has 0 radical (unpaired) electrons. The molecule has 0 spiro atoms. The first kappa shape index (κ1) is 15.5. The van der Waals surface area contributed by atoms with Crippen LogP contribution in [0.1, 0.15) is 11.1 Å². The Bertz CT molecular complexity index is 745. The van der Waals surface area contributed by atoms with Crippen molar-refractivity contribution in [3.8, 4) is 0 Å². The zero-order valence-electron chi connectivity index (χ0n) is 13.9. The predicted molar refractivity (Wildman–Crippen MR) is 96.9 cm³/mol. The summed E-state index contributed by atoms with van der Waals surface area (Å²) in [5.41, 5.74) is 3.66. The standard InChI is InChI=1S/C19H20N4O2/c24-18(22-9-10-22)20-16-7-3-1-5-14(16)13-15-6-2-4-8-17(15)21-19(25)23-11-12-23/h1-8H,9-13H2,(H,20,24)(H,21,25). The Kier molecular flexibility index (Phi) is 4.01. The van der Waals surface area contributed by atoms with E-state index in [2.05, 4.69) is 10.6 Å². The second-order valence-corrected chi connectivity index (χ2v) is 6.33. The Balaban J connectivity index is 1.53. The second-order valence-electron chi connectivity index (χ2n) is 6.33. The molecular formula is C19H20N4O2. The third-order valence-corrected chi connectivity index (χ3v) is 4.37. The fraction of sp³-hybridized carbons (Fsp3) is 0.263. The molecule has 2 aliphatic rings. The van der Waals surface area contributed by atoms with Gasteiger partial charge in [0.15, 0.2) is 0 Å². The Hall–Kier alpha value is -3.02. The summed E-state index contributed by atoms with van der Waals surface area (Å²) in [4.78, 5) is 27.5. The predicted octanol–water partition coefficient (Wildman–Crippen LogP) is 2.97. The van der Waals surface area contributed by atoms with Gasteiger partial charge in [-0.15, -0.1) is 0 Å². The maximum atomic E-state index is 12.0. The van der Waals surface area contributed by atoms with Gasteiger partial charge in [0.05, 0.1) is 0 Å². The highest BCUT2D eigenvalue weighted by atomic mass is 16.2. The van der Waals surface area contributed by atoms with Gasteiger partial charge >= 0.3 is 12.1 Å². The van der Waals surface area contributed by atoms with Gasteiger partial charge in [0.2, 0.25) is 0 Å². The number of hydrogen-bond donors (Lipinski definition) is 2. The molecule has 128 valence electrons. The number of rotatable bonds is 4. The van der Waals surface area contributed by atoms with Crippen LogP contribution in [0.3, 0.4) is 0 Å². The van der Waals surface area contributed by atoms with Gasteiger partial charge in [-0.25, -0.2) is 9.59 Å². The number of carbonyl (C=O) groups excluding carboxylic acids is 2. The molecular weight excluding hydrogens is 316 g/mol. The molecule has 0 unspecified atom stereocenters. The number of para-hydroxylation sites is 2. The van der Waals surface area contributed by atoms with Crippen LogP contribution in [-0.2, 0) is 6.42 Å². The number of urea groups is 2. The van der Waals surface area contributed by atoms with E-state index >= 15 is 0 Å². The van der Waals surface area contributed by atoms with Crippen molar-refractivity contribution >= 4 is 23.4 Å². The molecule has 25 heavy (non-hydrogen) atoms. The van der Waals surface area contributed by atoms with E-state index in [1.54, 1.807) is 9.80 Å². The van der Waals surface area contributed by atoms with Crippen molar-refractivity contribution in [3.63, 3.8) is 0 Å². The molecule has 2 fully saturated rings. The van der Waals surface area contributed by atoms with Crippen LogP contribution < -0.4 is 10.6 Å². The van der Waals surface area contributed by atoms with Crippen molar-refractivity contribution in [3.05, 3.63) is 59.7 Å². The van der Waals surface area contributed by atoms with Crippen LogP contribution in [0.5, 0.6) is 0 Å². The van der Waals surface area contributed by atoms with E-state index in [-0.39, 0.29) is 12.1 Å². The van der Waals surface area contributed by atoms with Crippen LogP contribution in [0, 0.1) is 0 Å². The highest BCUT2D eigenvalue weighted by molar-refractivity contribution is 5.92. The number of nitrogens with one attached hydrogen (secondary N) is 2. The summed E-state index contributed by atoms with van der Waals surface area (Å²) >= 11 is 0. The molecule has 6 heteroatoms. The van der Waals surface area contributed by atoms with E-state index in [1.807, 2.05) is 48.5 Å². The normalized spacial score (nSPS) is 14.9.